The lowest BCUT2D eigenvalue weighted by Gasteiger charge is -2.05. The number of nitriles is 1. The Morgan fingerprint density at radius 3 is 2.72 bits per heavy atom. The number of H-pyrrole nitrogens is 1. The standard InChI is InChI=1S/C13H14N4O/c1-2-7-18-10-5-3-9(4-6-10)12-11(8-14)13(15)17-16-12/h3-6H,2,7H2,1H3,(H3,15,16,17). The normalized spacial score (nSPS) is 10.0. The second-order valence-corrected chi connectivity index (χ2v) is 3.84. The third-order valence-corrected chi connectivity index (χ3v) is 2.52. The van der Waals surface area contributed by atoms with E-state index in [1.54, 1.807) is 0 Å². The van der Waals surface area contributed by atoms with Crippen molar-refractivity contribution in [2.75, 3.05) is 12.3 Å². The highest BCUT2D eigenvalue weighted by Gasteiger charge is 2.11. The molecule has 0 radical (unpaired) electrons. The number of rotatable bonds is 4. The first-order valence-corrected chi connectivity index (χ1v) is 5.73. The molecular formula is C13H14N4O. The van der Waals surface area contributed by atoms with Crippen LogP contribution in [0.1, 0.15) is 18.9 Å². The molecule has 1 aromatic carbocycles. The summed E-state index contributed by atoms with van der Waals surface area (Å²) in [4.78, 5) is 0. The molecule has 3 N–H and O–H groups in total. The summed E-state index contributed by atoms with van der Waals surface area (Å²) >= 11 is 0. The molecule has 0 bridgehead atoms. The Balaban J connectivity index is 2.26. The fraction of sp³-hybridized carbons (Fsp3) is 0.231. The van der Waals surface area contributed by atoms with Crippen LogP contribution in [-0.4, -0.2) is 16.8 Å². The number of hydrogen-bond acceptors (Lipinski definition) is 4. The maximum Gasteiger partial charge on any atom is 0.163 e. The highest BCUT2D eigenvalue weighted by molar-refractivity contribution is 5.72. The summed E-state index contributed by atoms with van der Waals surface area (Å²) in [5.41, 5.74) is 7.46. The molecule has 1 aromatic heterocycles. The van der Waals surface area contributed by atoms with Crippen molar-refractivity contribution in [2.45, 2.75) is 13.3 Å². The van der Waals surface area contributed by atoms with E-state index < -0.39 is 0 Å². The highest BCUT2D eigenvalue weighted by atomic mass is 16.5. The molecule has 2 rings (SSSR count). The molecule has 0 aliphatic heterocycles. The van der Waals surface area contributed by atoms with Crippen LogP contribution < -0.4 is 10.5 Å². The van der Waals surface area contributed by atoms with Crippen molar-refractivity contribution in [3.63, 3.8) is 0 Å². The van der Waals surface area contributed by atoms with Gasteiger partial charge in [0.25, 0.3) is 0 Å². The van der Waals surface area contributed by atoms with Gasteiger partial charge in [-0.1, -0.05) is 6.92 Å². The molecule has 5 nitrogen and oxygen atoms in total. The van der Waals surface area contributed by atoms with Crippen molar-refractivity contribution in [2.24, 2.45) is 0 Å². The second kappa shape index (κ2) is 5.23. The summed E-state index contributed by atoms with van der Waals surface area (Å²) in [5, 5.41) is 15.6. The van der Waals surface area contributed by atoms with E-state index in [4.69, 9.17) is 15.7 Å². The Hall–Kier alpha value is -2.48. The summed E-state index contributed by atoms with van der Waals surface area (Å²) in [5.74, 6) is 1.03. The van der Waals surface area contributed by atoms with Gasteiger partial charge in [0.2, 0.25) is 0 Å². The van der Waals surface area contributed by atoms with Crippen LogP contribution in [0, 0.1) is 11.3 Å². The number of hydrogen-bond donors (Lipinski definition) is 2. The number of nitrogen functional groups attached to an aromatic ring is 1. The zero-order chi connectivity index (χ0) is 13.0. The van der Waals surface area contributed by atoms with Crippen LogP contribution in [0.2, 0.25) is 0 Å². The molecule has 1 heterocycles. The maximum atomic E-state index is 9.01. The highest BCUT2D eigenvalue weighted by Crippen LogP contribution is 2.26. The number of benzene rings is 1. The van der Waals surface area contributed by atoms with Crippen LogP contribution in [0.3, 0.4) is 0 Å². The Morgan fingerprint density at radius 2 is 2.11 bits per heavy atom. The van der Waals surface area contributed by atoms with Gasteiger partial charge in [-0.15, -0.1) is 0 Å². The zero-order valence-electron chi connectivity index (χ0n) is 10.1. The summed E-state index contributed by atoms with van der Waals surface area (Å²) in [6.45, 7) is 2.75. The molecule has 18 heavy (non-hydrogen) atoms. The Kier molecular flexibility index (Phi) is 3.49. The summed E-state index contributed by atoms with van der Waals surface area (Å²) < 4.78 is 5.49. The van der Waals surface area contributed by atoms with Gasteiger partial charge in [-0.05, 0) is 30.7 Å². The molecule has 2 aromatic rings. The van der Waals surface area contributed by atoms with E-state index in [1.165, 1.54) is 0 Å². The van der Waals surface area contributed by atoms with Crippen LogP contribution in [0.15, 0.2) is 24.3 Å². The molecule has 5 heteroatoms. The van der Waals surface area contributed by atoms with Gasteiger partial charge < -0.3 is 10.5 Å². The average Bonchev–Trinajstić information content (AvgIpc) is 2.78. The first-order chi connectivity index (χ1) is 8.76. The summed E-state index contributed by atoms with van der Waals surface area (Å²) in [6.07, 6.45) is 0.970. The lowest BCUT2D eigenvalue weighted by atomic mass is 10.1. The van der Waals surface area contributed by atoms with Gasteiger partial charge in [0.1, 0.15) is 17.4 Å². The number of nitrogens with zero attached hydrogens (tertiary/aromatic N) is 2. The van der Waals surface area contributed by atoms with E-state index in [9.17, 15) is 0 Å². The average molecular weight is 242 g/mol. The van der Waals surface area contributed by atoms with E-state index in [0.717, 1.165) is 17.7 Å². The molecular weight excluding hydrogens is 228 g/mol. The van der Waals surface area contributed by atoms with Crippen molar-refractivity contribution in [3.05, 3.63) is 29.8 Å². The van der Waals surface area contributed by atoms with Gasteiger partial charge >= 0.3 is 0 Å². The van der Waals surface area contributed by atoms with Gasteiger partial charge in [-0.2, -0.15) is 10.4 Å². The molecule has 0 spiro atoms. The number of nitrogens with two attached hydrogens (primary N) is 1. The van der Waals surface area contributed by atoms with E-state index in [-0.39, 0.29) is 5.82 Å². The van der Waals surface area contributed by atoms with E-state index in [1.807, 2.05) is 30.3 Å². The van der Waals surface area contributed by atoms with Gasteiger partial charge in [0.05, 0.1) is 12.3 Å². The van der Waals surface area contributed by atoms with Crippen molar-refractivity contribution in [3.8, 4) is 23.1 Å². The summed E-state index contributed by atoms with van der Waals surface area (Å²) in [6, 6.07) is 9.52. The van der Waals surface area contributed by atoms with Gasteiger partial charge in [-0.3, -0.25) is 5.10 Å². The van der Waals surface area contributed by atoms with Crippen molar-refractivity contribution in [1.82, 2.24) is 10.2 Å². The zero-order valence-corrected chi connectivity index (χ0v) is 10.1. The van der Waals surface area contributed by atoms with E-state index in [2.05, 4.69) is 17.1 Å². The SMILES string of the molecule is CCCOc1ccc(-c2[nH]nc(N)c2C#N)cc1. The van der Waals surface area contributed by atoms with Crippen LogP contribution >= 0.6 is 0 Å². The molecule has 0 saturated heterocycles. The minimum atomic E-state index is 0.221. The Labute approximate surface area is 105 Å². The number of aromatic nitrogens is 2. The number of nitrogens with one attached hydrogen (secondary N) is 1. The quantitative estimate of drug-likeness (QED) is 0.861. The molecule has 92 valence electrons. The van der Waals surface area contributed by atoms with Crippen molar-refractivity contribution >= 4 is 5.82 Å². The molecule has 0 amide bonds. The molecule has 0 aliphatic rings. The topological polar surface area (TPSA) is 87.7 Å². The Morgan fingerprint density at radius 1 is 1.39 bits per heavy atom. The van der Waals surface area contributed by atoms with Gasteiger partial charge in [-0.25, -0.2) is 0 Å². The van der Waals surface area contributed by atoms with Crippen LogP contribution in [0.4, 0.5) is 5.82 Å². The van der Waals surface area contributed by atoms with E-state index in [0.29, 0.717) is 17.9 Å². The summed E-state index contributed by atoms with van der Waals surface area (Å²) in [7, 11) is 0. The van der Waals surface area contributed by atoms with Crippen LogP contribution in [-0.2, 0) is 0 Å². The van der Waals surface area contributed by atoms with Crippen LogP contribution in [0.5, 0.6) is 5.75 Å². The van der Waals surface area contributed by atoms with Gasteiger partial charge in [0, 0.05) is 5.56 Å². The first-order valence-electron chi connectivity index (χ1n) is 5.73. The Bertz CT molecular complexity index is 566. The third kappa shape index (κ3) is 2.28. The largest absolute Gasteiger partial charge is 0.494 e. The number of ether oxygens (including phenoxy) is 1. The smallest absolute Gasteiger partial charge is 0.163 e. The van der Waals surface area contributed by atoms with E-state index >= 15 is 0 Å². The lowest BCUT2D eigenvalue weighted by molar-refractivity contribution is 0.317. The fourth-order valence-electron chi connectivity index (χ4n) is 1.62. The predicted molar refractivity (Wildman–Crippen MR) is 68.9 cm³/mol. The van der Waals surface area contributed by atoms with Gasteiger partial charge in [0.15, 0.2) is 5.82 Å². The molecule has 0 fully saturated rings. The predicted octanol–water partition coefficient (Wildman–Crippen LogP) is 2.32. The minimum absolute atomic E-state index is 0.221. The molecule has 0 unspecified atom stereocenters. The first kappa shape index (κ1) is 12.0. The fourth-order valence-corrected chi connectivity index (χ4v) is 1.62. The third-order valence-electron chi connectivity index (χ3n) is 2.52. The lowest BCUT2D eigenvalue weighted by Crippen LogP contribution is -1.94. The monoisotopic (exact) mass is 242 g/mol. The molecule has 0 aliphatic carbocycles. The second-order valence-electron chi connectivity index (χ2n) is 3.84. The molecule has 0 atom stereocenters. The number of aromatic amines is 1. The van der Waals surface area contributed by atoms with Crippen molar-refractivity contribution in [1.29, 1.82) is 5.26 Å². The number of anilines is 1. The maximum absolute atomic E-state index is 9.01. The van der Waals surface area contributed by atoms with Crippen molar-refractivity contribution < 1.29 is 4.74 Å². The molecule has 0 saturated carbocycles. The minimum Gasteiger partial charge on any atom is -0.494 e. The van der Waals surface area contributed by atoms with Crippen LogP contribution in [0.25, 0.3) is 11.3 Å².